The fourth-order valence-electron chi connectivity index (χ4n) is 2.10. The largest absolute Gasteiger partial charge is 0.409 e. The maximum absolute atomic E-state index is 12.2. The number of oxime groups is 1. The number of sulfone groups is 1. The van der Waals surface area contributed by atoms with Crippen molar-refractivity contribution in [3.8, 4) is 0 Å². The van der Waals surface area contributed by atoms with Crippen molar-refractivity contribution in [1.29, 1.82) is 0 Å². The Bertz CT molecular complexity index is 594. The zero-order valence-electron chi connectivity index (χ0n) is 11.5. The van der Waals surface area contributed by atoms with E-state index in [4.69, 9.17) is 10.9 Å². The maximum Gasteiger partial charge on any atom is 0.179 e. The van der Waals surface area contributed by atoms with Crippen LogP contribution in [-0.4, -0.2) is 49.3 Å². The topological polar surface area (TPSA) is 105 Å². The van der Waals surface area contributed by atoms with E-state index >= 15 is 0 Å². The molecule has 0 radical (unpaired) electrons. The molecule has 1 aliphatic rings. The predicted molar refractivity (Wildman–Crippen MR) is 84.7 cm³/mol. The van der Waals surface area contributed by atoms with E-state index in [-0.39, 0.29) is 16.5 Å². The lowest BCUT2D eigenvalue weighted by atomic mass is 10.2. The van der Waals surface area contributed by atoms with E-state index in [1.165, 1.54) is 24.3 Å². The minimum atomic E-state index is -3.31. The third-order valence-electron chi connectivity index (χ3n) is 3.35. The van der Waals surface area contributed by atoms with E-state index < -0.39 is 9.84 Å². The van der Waals surface area contributed by atoms with Gasteiger partial charge in [0.1, 0.15) is 0 Å². The molecule has 2 rings (SSSR count). The highest BCUT2D eigenvalue weighted by Gasteiger charge is 2.18. The summed E-state index contributed by atoms with van der Waals surface area (Å²) in [5.41, 5.74) is 5.93. The van der Waals surface area contributed by atoms with Crippen molar-refractivity contribution in [1.82, 2.24) is 5.32 Å². The molecule has 0 spiro atoms. The Morgan fingerprint density at radius 2 is 2.14 bits per heavy atom. The normalized spacial score (nSPS) is 19.8. The lowest BCUT2D eigenvalue weighted by Crippen LogP contribution is -2.33. The third-order valence-corrected chi connectivity index (χ3v) is 6.24. The minimum absolute atomic E-state index is 0.0423. The number of nitrogens with two attached hydrogens (primary N) is 1. The van der Waals surface area contributed by atoms with Crippen LogP contribution < -0.4 is 11.1 Å². The van der Waals surface area contributed by atoms with Gasteiger partial charge in [-0.3, -0.25) is 0 Å². The smallest absolute Gasteiger partial charge is 0.179 e. The van der Waals surface area contributed by atoms with Gasteiger partial charge in [-0.2, -0.15) is 11.8 Å². The van der Waals surface area contributed by atoms with Gasteiger partial charge in [-0.15, -0.1) is 0 Å². The molecule has 1 atom stereocenters. The molecule has 116 valence electrons. The van der Waals surface area contributed by atoms with Gasteiger partial charge in [0, 0.05) is 23.9 Å². The molecule has 0 bridgehead atoms. The van der Waals surface area contributed by atoms with Crippen LogP contribution >= 0.6 is 11.8 Å². The molecule has 6 nitrogen and oxygen atoms in total. The first-order valence-corrected chi connectivity index (χ1v) is 9.45. The van der Waals surface area contributed by atoms with Crippen molar-refractivity contribution in [2.45, 2.75) is 17.4 Å². The van der Waals surface area contributed by atoms with Gasteiger partial charge in [-0.1, -0.05) is 5.16 Å². The first kappa shape index (κ1) is 16.1. The Labute approximate surface area is 128 Å². The first-order chi connectivity index (χ1) is 10.0. The zero-order chi connectivity index (χ0) is 15.3. The van der Waals surface area contributed by atoms with Crippen molar-refractivity contribution >= 4 is 27.4 Å². The van der Waals surface area contributed by atoms with Gasteiger partial charge in [-0.25, -0.2) is 8.42 Å². The van der Waals surface area contributed by atoms with Crippen LogP contribution in [0.15, 0.2) is 34.3 Å². The Morgan fingerprint density at radius 3 is 2.71 bits per heavy atom. The van der Waals surface area contributed by atoms with Crippen LogP contribution in [0, 0.1) is 0 Å². The number of amidine groups is 1. The van der Waals surface area contributed by atoms with Gasteiger partial charge < -0.3 is 16.3 Å². The number of thioether (sulfide) groups is 1. The molecule has 0 aromatic heterocycles. The van der Waals surface area contributed by atoms with Crippen molar-refractivity contribution in [3.05, 3.63) is 29.8 Å². The second kappa shape index (κ2) is 7.15. The summed E-state index contributed by atoms with van der Waals surface area (Å²) >= 11 is 1.89. The molecule has 1 aromatic carbocycles. The highest BCUT2D eigenvalue weighted by atomic mass is 32.2. The van der Waals surface area contributed by atoms with E-state index in [0.717, 1.165) is 17.9 Å². The molecule has 1 heterocycles. The van der Waals surface area contributed by atoms with Gasteiger partial charge in [0.15, 0.2) is 15.7 Å². The van der Waals surface area contributed by atoms with Crippen LogP contribution in [0.4, 0.5) is 0 Å². The van der Waals surface area contributed by atoms with Crippen molar-refractivity contribution in [3.63, 3.8) is 0 Å². The van der Waals surface area contributed by atoms with Gasteiger partial charge in [0.25, 0.3) is 0 Å². The second-order valence-electron chi connectivity index (χ2n) is 4.84. The van der Waals surface area contributed by atoms with Gasteiger partial charge in [-0.05, 0) is 36.4 Å². The highest BCUT2D eigenvalue weighted by molar-refractivity contribution is 7.99. The van der Waals surface area contributed by atoms with Gasteiger partial charge in [0.2, 0.25) is 0 Å². The van der Waals surface area contributed by atoms with Crippen LogP contribution in [0.1, 0.15) is 12.0 Å². The number of hydrogen-bond donors (Lipinski definition) is 3. The molecule has 8 heteroatoms. The molecule has 0 amide bonds. The first-order valence-electron chi connectivity index (χ1n) is 6.65. The molecule has 1 unspecified atom stereocenters. The van der Waals surface area contributed by atoms with Crippen LogP contribution in [0.3, 0.4) is 0 Å². The van der Waals surface area contributed by atoms with E-state index in [9.17, 15) is 8.42 Å². The summed E-state index contributed by atoms with van der Waals surface area (Å²) in [6.07, 6.45) is 1.10. The van der Waals surface area contributed by atoms with Gasteiger partial charge >= 0.3 is 0 Å². The average Bonchev–Trinajstić information content (AvgIpc) is 2.99. The molecule has 0 aliphatic carbocycles. The Balaban J connectivity index is 1.95. The summed E-state index contributed by atoms with van der Waals surface area (Å²) in [5.74, 6) is 2.21. The maximum atomic E-state index is 12.2. The van der Waals surface area contributed by atoms with Crippen molar-refractivity contribution < 1.29 is 13.6 Å². The third kappa shape index (κ3) is 4.36. The second-order valence-corrected chi connectivity index (χ2v) is 8.10. The molecule has 0 saturated carbocycles. The van der Waals surface area contributed by atoms with Gasteiger partial charge in [0.05, 0.1) is 10.6 Å². The van der Waals surface area contributed by atoms with E-state index in [1.54, 1.807) is 0 Å². The Hall–Kier alpha value is -1.25. The van der Waals surface area contributed by atoms with Crippen LogP contribution in [0.25, 0.3) is 0 Å². The van der Waals surface area contributed by atoms with Crippen LogP contribution in [0.5, 0.6) is 0 Å². The number of nitrogens with one attached hydrogen (secondary N) is 1. The SMILES string of the molecule is N/C(=N/O)c1ccc(S(=O)(=O)CCNC2CCSC2)cc1. The van der Waals surface area contributed by atoms with Crippen LogP contribution in [0.2, 0.25) is 0 Å². The summed E-state index contributed by atoms with van der Waals surface area (Å²) in [6.45, 7) is 0.454. The molecule has 4 N–H and O–H groups in total. The molecular formula is C13H19N3O3S2. The van der Waals surface area contributed by atoms with Crippen molar-refractivity contribution in [2.24, 2.45) is 10.9 Å². The lowest BCUT2D eigenvalue weighted by Gasteiger charge is -2.11. The minimum Gasteiger partial charge on any atom is -0.409 e. The Morgan fingerprint density at radius 1 is 1.43 bits per heavy atom. The summed E-state index contributed by atoms with van der Waals surface area (Å²) in [5, 5.41) is 14.7. The summed E-state index contributed by atoms with van der Waals surface area (Å²) < 4.78 is 24.4. The van der Waals surface area contributed by atoms with E-state index in [1.807, 2.05) is 11.8 Å². The zero-order valence-corrected chi connectivity index (χ0v) is 13.2. The number of rotatable bonds is 6. The van der Waals surface area contributed by atoms with Crippen molar-refractivity contribution in [2.75, 3.05) is 23.8 Å². The standard InChI is InChI=1S/C13H19N3O3S2/c14-13(16-17)10-1-3-12(4-2-10)21(18,19)8-6-15-11-5-7-20-9-11/h1-4,11,15,17H,5-9H2,(H2,14,16). The highest BCUT2D eigenvalue weighted by Crippen LogP contribution is 2.17. The molecular weight excluding hydrogens is 310 g/mol. The fraction of sp³-hybridized carbons (Fsp3) is 0.462. The number of benzene rings is 1. The molecule has 1 aliphatic heterocycles. The fourth-order valence-corrected chi connectivity index (χ4v) is 4.46. The summed E-state index contributed by atoms with van der Waals surface area (Å²) in [4.78, 5) is 0.250. The van der Waals surface area contributed by atoms with Crippen LogP contribution in [-0.2, 0) is 9.84 Å². The summed E-state index contributed by atoms with van der Waals surface area (Å²) in [7, 11) is -3.31. The summed E-state index contributed by atoms with van der Waals surface area (Å²) in [6, 6.07) is 6.45. The molecule has 1 fully saturated rings. The number of nitrogens with zero attached hydrogens (tertiary/aromatic N) is 1. The van der Waals surface area contributed by atoms with E-state index in [0.29, 0.717) is 18.2 Å². The average molecular weight is 329 g/mol. The molecule has 1 saturated heterocycles. The lowest BCUT2D eigenvalue weighted by molar-refractivity contribution is 0.318. The Kier molecular flexibility index (Phi) is 5.49. The number of hydrogen-bond acceptors (Lipinski definition) is 6. The quantitative estimate of drug-likeness (QED) is 0.306. The molecule has 1 aromatic rings. The van der Waals surface area contributed by atoms with E-state index in [2.05, 4.69) is 10.5 Å². The monoisotopic (exact) mass is 329 g/mol. The predicted octanol–water partition coefficient (Wildman–Crippen LogP) is 0.650. The molecule has 21 heavy (non-hydrogen) atoms.